The number of benzene rings is 1. The molecule has 4 heteroatoms. The summed E-state index contributed by atoms with van der Waals surface area (Å²) >= 11 is 0. The van der Waals surface area contributed by atoms with Gasteiger partial charge in [0.15, 0.2) is 0 Å². The van der Waals surface area contributed by atoms with Gasteiger partial charge in [-0.15, -0.1) is 0 Å². The Labute approximate surface area is 115 Å². The van der Waals surface area contributed by atoms with Crippen LogP contribution >= 0.6 is 0 Å². The quantitative estimate of drug-likeness (QED) is 0.709. The molecule has 0 aliphatic carbocycles. The first-order chi connectivity index (χ1) is 9.21. The van der Waals surface area contributed by atoms with Crippen LogP contribution in [0.4, 0.5) is 11.4 Å². The molecule has 0 heterocycles. The molecule has 106 valence electrons. The SMILES string of the molecule is CCC(CC)C(=O)Nc1ccc(NCCOC)cc1. The summed E-state index contributed by atoms with van der Waals surface area (Å²) in [5.41, 5.74) is 1.87. The molecule has 0 aliphatic heterocycles. The van der Waals surface area contributed by atoms with Crippen molar-refractivity contribution in [1.82, 2.24) is 0 Å². The molecule has 1 aromatic rings. The topological polar surface area (TPSA) is 50.4 Å². The van der Waals surface area contributed by atoms with Gasteiger partial charge in [-0.25, -0.2) is 0 Å². The number of carbonyl (C=O) groups is 1. The zero-order valence-electron chi connectivity index (χ0n) is 12.0. The fourth-order valence-electron chi connectivity index (χ4n) is 1.87. The average molecular weight is 264 g/mol. The van der Waals surface area contributed by atoms with Gasteiger partial charge in [-0.1, -0.05) is 13.8 Å². The van der Waals surface area contributed by atoms with Crippen LogP contribution in [0, 0.1) is 5.92 Å². The van der Waals surface area contributed by atoms with Crippen LogP contribution in [0.5, 0.6) is 0 Å². The first-order valence-corrected chi connectivity index (χ1v) is 6.85. The van der Waals surface area contributed by atoms with Crippen LogP contribution in [0.15, 0.2) is 24.3 Å². The van der Waals surface area contributed by atoms with E-state index in [2.05, 4.69) is 10.6 Å². The summed E-state index contributed by atoms with van der Waals surface area (Å²) in [5, 5.41) is 6.18. The molecule has 0 saturated heterocycles. The number of ether oxygens (including phenoxy) is 1. The Hall–Kier alpha value is -1.55. The molecule has 0 unspecified atom stereocenters. The van der Waals surface area contributed by atoms with Crippen LogP contribution in [-0.2, 0) is 9.53 Å². The molecule has 1 amide bonds. The Balaban J connectivity index is 2.49. The van der Waals surface area contributed by atoms with E-state index in [-0.39, 0.29) is 11.8 Å². The van der Waals surface area contributed by atoms with Crippen LogP contribution in [0.3, 0.4) is 0 Å². The standard InChI is InChI=1S/C15H24N2O2/c1-4-12(5-2)15(18)17-14-8-6-13(7-9-14)16-10-11-19-3/h6-9,12,16H,4-5,10-11H2,1-3H3,(H,17,18). The van der Waals surface area contributed by atoms with Gasteiger partial charge >= 0.3 is 0 Å². The van der Waals surface area contributed by atoms with E-state index in [1.165, 1.54) is 0 Å². The van der Waals surface area contributed by atoms with Gasteiger partial charge in [-0.05, 0) is 37.1 Å². The van der Waals surface area contributed by atoms with E-state index in [0.29, 0.717) is 6.61 Å². The van der Waals surface area contributed by atoms with Gasteiger partial charge in [0.1, 0.15) is 0 Å². The number of anilines is 2. The van der Waals surface area contributed by atoms with E-state index in [9.17, 15) is 4.79 Å². The molecule has 0 aromatic heterocycles. The minimum Gasteiger partial charge on any atom is -0.383 e. The predicted molar refractivity (Wildman–Crippen MR) is 79.5 cm³/mol. The molecule has 0 atom stereocenters. The van der Waals surface area contributed by atoms with Gasteiger partial charge in [-0.2, -0.15) is 0 Å². The molecule has 1 aromatic carbocycles. The van der Waals surface area contributed by atoms with Crippen molar-refractivity contribution in [3.05, 3.63) is 24.3 Å². The highest BCUT2D eigenvalue weighted by Gasteiger charge is 2.13. The lowest BCUT2D eigenvalue weighted by atomic mass is 10.0. The highest BCUT2D eigenvalue weighted by Crippen LogP contribution is 2.16. The molecular formula is C15H24N2O2. The number of nitrogens with one attached hydrogen (secondary N) is 2. The van der Waals surface area contributed by atoms with Crippen molar-refractivity contribution in [3.63, 3.8) is 0 Å². The molecule has 19 heavy (non-hydrogen) atoms. The van der Waals surface area contributed by atoms with E-state index in [1.54, 1.807) is 7.11 Å². The van der Waals surface area contributed by atoms with E-state index >= 15 is 0 Å². The van der Waals surface area contributed by atoms with Crippen LogP contribution in [0.1, 0.15) is 26.7 Å². The Kier molecular flexibility index (Phi) is 6.97. The Bertz CT molecular complexity index is 372. The van der Waals surface area contributed by atoms with Gasteiger partial charge in [0.05, 0.1) is 6.61 Å². The van der Waals surface area contributed by atoms with Gasteiger partial charge in [-0.3, -0.25) is 4.79 Å². The Morgan fingerprint density at radius 1 is 1.16 bits per heavy atom. The Morgan fingerprint density at radius 2 is 1.74 bits per heavy atom. The summed E-state index contributed by atoms with van der Waals surface area (Å²) in [6.07, 6.45) is 1.75. The predicted octanol–water partition coefficient (Wildman–Crippen LogP) is 3.12. The fourth-order valence-corrected chi connectivity index (χ4v) is 1.87. The summed E-state index contributed by atoms with van der Waals surface area (Å²) in [5.74, 6) is 0.199. The Morgan fingerprint density at radius 3 is 2.26 bits per heavy atom. The lowest BCUT2D eigenvalue weighted by Gasteiger charge is -2.13. The van der Waals surface area contributed by atoms with E-state index < -0.39 is 0 Å². The summed E-state index contributed by atoms with van der Waals surface area (Å²) in [7, 11) is 1.68. The monoisotopic (exact) mass is 264 g/mol. The zero-order chi connectivity index (χ0) is 14.1. The minimum atomic E-state index is 0.0968. The number of hydrogen-bond donors (Lipinski definition) is 2. The third-order valence-electron chi connectivity index (χ3n) is 3.14. The smallest absolute Gasteiger partial charge is 0.227 e. The van der Waals surface area contributed by atoms with E-state index in [0.717, 1.165) is 30.8 Å². The van der Waals surface area contributed by atoms with Crippen molar-refractivity contribution in [2.75, 3.05) is 30.9 Å². The molecule has 0 fully saturated rings. The lowest BCUT2D eigenvalue weighted by molar-refractivity contribution is -0.120. The number of carbonyl (C=O) groups excluding carboxylic acids is 1. The third-order valence-corrected chi connectivity index (χ3v) is 3.14. The maximum Gasteiger partial charge on any atom is 0.227 e. The second-order valence-corrected chi connectivity index (χ2v) is 4.50. The van der Waals surface area contributed by atoms with Gasteiger partial charge in [0.25, 0.3) is 0 Å². The lowest BCUT2D eigenvalue weighted by Crippen LogP contribution is -2.21. The number of methoxy groups -OCH3 is 1. The van der Waals surface area contributed by atoms with Crippen molar-refractivity contribution in [1.29, 1.82) is 0 Å². The maximum atomic E-state index is 11.9. The third kappa shape index (κ3) is 5.30. The molecular weight excluding hydrogens is 240 g/mol. The summed E-state index contributed by atoms with van der Waals surface area (Å²) in [4.78, 5) is 11.9. The highest BCUT2D eigenvalue weighted by atomic mass is 16.5. The molecule has 0 saturated carbocycles. The summed E-state index contributed by atoms with van der Waals surface area (Å²) in [6.45, 7) is 5.52. The summed E-state index contributed by atoms with van der Waals surface area (Å²) < 4.78 is 4.97. The number of hydrogen-bond acceptors (Lipinski definition) is 3. The van der Waals surface area contributed by atoms with Crippen LogP contribution in [0.25, 0.3) is 0 Å². The molecule has 4 nitrogen and oxygen atoms in total. The van der Waals surface area contributed by atoms with Crippen LogP contribution in [0.2, 0.25) is 0 Å². The fraction of sp³-hybridized carbons (Fsp3) is 0.533. The second kappa shape index (κ2) is 8.53. The normalized spacial score (nSPS) is 10.5. The molecule has 0 radical (unpaired) electrons. The van der Waals surface area contributed by atoms with Gasteiger partial charge in [0, 0.05) is 30.9 Å². The molecule has 2 N–H and O–H groups in total. The van der Waals surface area contributed by atoms with Crippen LogP contribution < -0.4 is 10.6 Å². The maximum absolute atomic E-state index is 11.9. The van der Waals surface area contributed by atoms with Crippen LogP contribution in [-0.4, -0.2) is 26.2 Å². The summed E-state index contributed by atoms with van der Waals surface area (Å²) in [6, 6.07) is 7.74. The second-order valence-electron chi connectivity index (χ2n) is 4.50. The number of rotatable bonds is 8. The van der Waals surface area contributed by atoms with Gasteiger partial charge < -0.3 is 15.4 Å². The largest absolute Gasteiger partial charge is 0.383 e. The van der Waals surface area contributed by atoms with Crippen molar-refractivity contribution in [3.8, 4) is 0 Å². The van der Waals surface area contributed by atoms with Crippen molar-refractivity contribution < 1.29 is 9.53 Å². The van der Waals surface area contributed by atoms with Crippen molar-refractivity contribution in [2.24, 2.45) is 5.92 Å². The molecule has 0 bridgehead atoms. The highest BCUT2D eigenvalue weighted by molar-refractivity contribution is 5.92. The first-order valence-electron chi connectivity index (χ1n) is 6.85. The zero-order valence-corrected chi connectivity index (χ0v) is 12.0. The molecule has 1 rings (SSSR count). The van der Waals surface area contributed by atoms with E-state index in [4.69, 9.17) is 4.74 Å². The van der Waals surface area contributed by atoms with Gasteiger partial charge in [0.2, 0.25) is 5.91 Å². The van der Waals surface area contributed by atoms with Crippen molar-refractivity contribution >= 4 is 17.3 Å². The first kappa shape index (κ1) is 15.5. The van der Waals surface area contributed by atoms with E-state index in [1.807, 2.05) is 38.1 Å². The minimum absolute atomic E-state index is 0.0968. The molecule has 0 aliphatic rings. The molecule has 0 spiro atoms. The average Bonchev–Trinajstić information content (AvgIpc) is 2.42. The van der Waals surface area contributed by atoms with Crippen molar-refractivity contribution in [2.45, 2.75) is 26.7 Å². The number of amides is 1.